The molecular formula is C28H34F3N3O6. The second-order valence-electron chi connectivity index (χ2n) is 10.3. The molecule has 2 aromatic rings. The molecule has 2 aliphatic rings. The number of carbonyl (C=O) groups excluding carboxylic acids is 1. The molecule has 2 fully saturated rings. The van der Waals surface area contributed by atoms with Gasteiger partial charge in [-0.15, -0.1) is 0 Å². The van der Waals surface area contributed by atoms with Crippen molar-refractivity contribution in [2.24, 2.45) is 0 Å². The van der Waals surface area contributed by atoms with E-state index in [1.54, 1.807) is 16.9 Å². The Hall–Kier alpha value is -3.80. The van der Waals surface area contributed by atoms with Crippen molar-refractivity contribution in [2.45, 2.75) is 49.5 Å². The van der Waals surface area contributed by atoms with Gasteiger partial charge in [-0.05, 0) is 63.0 Å². The van der Waals surface area contributed by atoms with E-state index in [9.17, 15) is 27.9 Å². The van der Waals surface area contributed by atoms with E-state index in [2.05, 4.69) is 43.3 Å². The van der Waals surface area contributed by atoms with Crippen LogP contribution in [0.4, 0.5) is 18.0 Å². The minimum atomic E-state index is -5.08. The molecule has 218 valence electrons. The fourth-order valence-corrected chi connectivity index (χ4v) is 5.63. The first-order valence-electron chi connectivity index (χ1n) is 12.7. The number of rotatable bonds is 7. The number of carboxylic acid groups (broad SMARTS) is 2. The van der Waals surface area contributed by atoms with Gasteiger partial charge in [0.1, 0.15) is 12.3 Å². The van der Waals surface area contributed by atoms with E-state index in [1.165, 1.54) is 5.56 Å². The van der Waals surface area contributed by atoms with Crippen LogP contribution in [-0.4, -0.2) is 88.9 Å². The highest BCUT2D eigenvalue weighted by atomic mass is 19.4. The summed E-state index contributed by atoms with van der Waals surface area (Å²) in [5.74, 6) is -2.96. The van der Waals surface area contributed by atoms with Crippen molar-refractivity contribution in [3.05, 3.63) is 65.7 Å². The Kier molecular flexibility index (Phi) is 9.34. The molecule has 2 N–H and O–H groups in total. The molecule has 1 saturated carbocycles. The van der Waals surface area contributed by atoms with Gasteiger partial charge in [-0.25, -0.2) is 9.59 Å². The van der Waals surface area contributed by atoms with Crippen molar-refractivity contribution < 1.29 is 42.5 Å². The fraction of sp³-hybridized carbons (Fsp3) is 0.464. The second-order valence-corrected chi connectivity index (χ2v) is 10.3. The van der Waals surface area contributed by atoms with Crippen LogP contribution in [0.1, 0.15) is 36.8 Å². The smallest absolute Gasteiger partial charge is 0.490 e. The van der Waals surface area contributed by atoms with Crippen molar-refractivity contribution in [1.29, 1.82) is 0 Å². The van der Waals surface area contributed by atoms with Crippen LogP contribution in [0.25, 0.3) is 0 Å². The van der Waals surface area contributed by atoms with Gasteiger partial charge >= 0.3 is 24.1 Å². The molecule has 0 aromatic heterocycles. The van der Waals surface area contributed by atoms with Gasteiger partial charge in [0.2, 0.25) is 0 Å². The van der Waals surface area contributed by atoms with Crippen molar-refractivity contribution in [2.75, 3.05) is 34.3 Å². The number of hydrogen-bond donors (Lipinski definition) is 2. The fourth-order valence-electron chi connectivity index (χ4n) is 5.63. The number of methoxy groups -OCH3 is 1. The SMILES string of the molecule is COc1ccc(CN2CC3(CCC(c4ccccc4)(N(C)C)CC3)N(CC(=O)O)C2=O)cc1.O=C(O)C(F)(F)F. The van der Waals surface area contributed by atoms with Gasteiger partial charge in [0.05, 0.1) is 12.6 Å². The van der Waals surface area contributed by atoms with Crippen LogP contribution in [0.15, 0.2) is 54.6 Å². The molecule has 2 amide bonds. The number of alkyl halides is 3. The van der Waals surface area contributed by atoms with E-state index >= 15 is 0 Å². The number of halogens is 3. The van der Waals surface area contributed by atoms with Gasteiger partial charge in [-0.1, -0.05) is 42.5 Å². The zero-order chi connectivity index (χ0) is 29.7. The van der Waals surface area contributed by atoms with Gasteiger partial charge in [0, 0.05) is 18.6 Å². The summed E-state index contributed by atoms with van der Waals surface area (Å²) in [6, 6.07) is 18.0. The number of carboxylic acids is 2. The maximum Gasteiger partial charge on any atom is 0.490 e. The number of hydrogen-bond acceptors (Lipinski definition) is 5. The lowest BCUT2D eigenvalue weighted by molar-refractivity contribution is -0.192. The van der Waals surface area contributed by atoms with Crippen LogP contribution in [0.3, 0.4) is 0 Å². The van der Waals surface area contributed by atoms with E-state index < -0.39 is 23.7 Å². The Morgan fingerprint density at radius 2 is 1.52 bits per heavy atom. The molecule has 0 atom stereocenters. The van der Waals surface area contributed by atoms with Crippen molar-refractivity contribution >= 4 is 18.0 Å². The Labute approximate surface area is 230 Å². The predicted molar refractivity (Wildman–Crippen MR) is 140 cm³/mol. The lowest BCUT2D eigenvalue weighted by atomic mass is 9.68. The van der Waals surface area contributed by atoms with Gasteiger partial charge in [0.25, 0.3) is 0 Å². The molecule has 0 bridgehead atoms. The predicted octanol–water partition coefficient (Wildman–Crippen LogP) is 4.42. The normalized spacial score (nSPS) is 22.7. The molecule has 0 radical (unpaired) electrons. The molecule has 1 aliphatic heterocycles. The van der Waals surface area contributed by atoms with Crippen molar-refractivity contribution in [3.8, 4) is 5.75 Å². The van der Waals surface area contributed by atoms with Gasteiger partial charge < -0.3 is 24.7 Å². The highest BCUT2D eigenvalue weighted by Crippen LogP contribution is 2.49. The average molecular weight is 566 g/mol. The van der Waals surface area contributed by atoms with Gasteiger partial charge in [-0.3, -0.25) is 9.69 Å². The van der Waals surface area contributed by atoms with E-state index in [0.29, 0.717) is 13.1 Å². The van der Waals surface area contributed by atoms with Crippen molar-refractivity contribution in [3.63, 3.8) is 0 Å². The molecule has 9 nitrogen and oxygen atoms in total. The third-order valence-corrected chi connectivity index (χ3v) is 7.80. The minimum absolute atomic E-state index is 0.117. The first kappa shape index (κ1) is 30.7. The number of aliphatic carboxylic acids is 2. The summed E-state index contributed by atoms with van der Waals surface area (Å²) in [7, 11) is 5.84. The summed E-state index contributed by atoms with van der Waals surface area (Å²) in [4.78, 5) is 39.6. The van der Waals surface area contributed by atoms with Gasteiger partial charge in [-0.2, -0.15) is 13.2 Å². The molecule has 1 spiro atoms. The highest BCUT2D eigenvalue weighted by Gasteiger charge is 2.54. The number of amides is 2. The molecule has 12 heteroatoms. The molecule has 1 heterocycles. The van der Waals surface area contributed by atoms with Crippen LogP contribution < -0.4 is 4.74 Å². The zero-order valence-electron chi connectivity index (χ0n) is 22.6. The van der Waals surface area contributed by atoms with Crippen LogP contribution in [-0.2, 0) is 21.7 Å². The molecule has 1 aliphatic carbocycles. The highest BCUT2D eigenvalue weighted by molar-refractivity contribution is 5.83. The lowest BCUT2D eigenvalue weighted by Gasteiger charge is -2.50. The Morgan fingerprint density at radius 3 is 1.98 bits per heavy atom. The van der Waals surface area contributed by atoms with Crippen LogP contribution in [0.5, 0.6) is 5.75 Å². The lowest BCUT2D eigenvalue weighted by Crippen LogP contribution is -2.56. The standard InChI is InChI=1S/C26H33N3O4.C2HF3O2/c1-27(2)26(21-7-5-4-6-8-21)15-13-25(14-16-26)19-28(24(32)29(25)18-23(30)31)17-20-9-11-22(33-3)12-10-20;3-2(4,5)1(6)7/h4-12H,13-19H2,1-3H3,(H,30,31);(H,6,7). The minimum Gasteiger partial charge on any atom is -0.497 e. The molecule has 2 aromatic carbocycles. The van der Waals surface area contributed by atoms with Gasteiger partial charge in [0.15, 0.2) is 0 Å². The number of urea groups is 1. The number of benzene rings is 2. The number of ether oxygens (including phenoxy) is 1. The first-order valence-corrected chi connectivity index (χ1v) is 12.7. The van der Waals surface area contributed by atoms with Crippen molar-refractivity contribution in [1.82, 2.24) is 14.7 Å². The summed E-state index contributed by atoms with van der Waals surface area (Å²) in [5.41, 5.74) is 1.69. The Morgan fingerprint density at radius 1 is 0.975 bits per heavy atom. The zero-order valence-corrected chi connectivity index (χ0v) is 22.6. The quantitative estimate of drug-likeness (QED) is 0.511. The largest absolute Gasteiger partial charge is 0.497 e. The van der Waals surface area contributed by atoms with Crippen LogP contribution in [0, 0.1) is 0 Å². The maximum atomic E-state index is 13.4. The molecule has 0 unspecified atom stereocenters. The van der Waals surface area contributed by atoms with Crippen LogP contribution in [0.2, 0.25) is 0 Å². The first-order chi connectivity index (χ1) is 18.7. The third kappa shape index (κ3) is 6.67. The summed E-state index contributed by atoms with van der Waals surface area (Å²) in [5, 5.41) is 16.7. The summed E-state index contributed by atoms with van der Waals surface area (Å²) in [6.45, 7) is 0.736. The Bertz CT molecular complexity index is 1180. The Balaban J connectivity index is 0.000000559. The monoisotopic (exact) mass is 565 g/mol. The summed E-state index contributed by atoms with van der Waals surface area (Å²) >= 11 is 0. The van der Waals surface area contributed by atoms with Crippen LogP contribution >= 0.6 is 0 Å². The van der Waals surface area contributed by atoms with E-state index in [4.69, 9.17) is 14.6 Å². The topological polar surface area (TPSA) is 111 Å². The average Bonchev–Trinajstić information content (AvgIpc) is 3.15. The molecular weight excluding hydrogens is 531 g/mol. The number of carbonyl (C=O) groups is 3. The summed E-state index contributed by atoms with van der Waals surface area (Å²) < 4.78 is 37.0. The maximum absolute atomic E-state index is 13.4. The molecule has 4 rings (SSSR count). The second kappa shape index (κ2) is 12.2. The van der Waals surface area contributed by atoms with E-state index in [-0.39, 0.29) is 18.1 Å². The van der Waals surface area contributed by atoms with E-state index in [1.807, 2.05) is 30.3 Å². The molecule has 1 saturated heterocycles. The summed E-state index contributed by atoms with van der Waals surface area (Å²) in [6.07, 6.45) is -1.83. The number of nitrogens with zero attached hydrogens (tertiary/aromatic N) is 3. The molecule has 40 heavy (non-hydrogen) atoms. The van der Waals surface area contributed by atoms with E-state index in [0.717, 1.165) is 37.0 Å². The third-order valence-electron chi connectivity index (χ3n) is 7.80.